The van der Waals surface area contributed by atoms with Gasteiger partial charge in [-0.15, -0.1) is 0 Å². The second-order valence-corrected chi connectivity index (χ2v) is 3.34. The lowest BCUT2D eigenvalue weighted by atomic mass is 10.3. The van der Waals surface area contributed by atoms with E-state index < -0.39 is 0 Å². The van der Waals surface area contributed by atoms with Crippen LogP contribution >= 0.6 is 22.6 Å². The van der Waals surface area contributed by atoms with Crippen molar-refractivity contribution < 1.29 is 9.90 Å². The van der Waals surface area contributed by atoms with E-state index >= 15 is 0 Å². The second kappa shape index (κ2) is 5.13. The minimum atomic E-state index is -0.202. The van der Waals surface area contributed by atoms with Gasteiger partial charge < -0.3 is 10.4 Å². The number of pyridine rings is 1. The van der Waals surface area contributed by atoms with Gasteiger partial charge in [-0.2, -0.15) is 0 Å². The molecule has 0 fully saturated rings. The van der Waals surface area contributed by atoms with Crippen LogP contribution in [0.1, 0.15) is 10.4 Å². The summed E-state index contributed by atoms with van der Waals surface area (Å²) < 4.78 is 0.663. The van der Waals surface area contributed by atoms with E-state index in [2.05, 4.69) is 10.3 Å². The summed E-state index contributed by atoms with van der Waals surface area (Å²) in [7, 11) is 0. The monoisotopic (exact) mass is 292 g/mol. The number of amides is 1. The molecule has 0 saturated heterocycles. The summed E-state index contributed by atoms with van der Waals surface area (Å²) in [6.07, 6.45) is 1.63. The van der Waals surface area contributed by atoms with E-state index in [9.17, 15) is 4.79 Å². The van der Waals surface area contributed by atoms with Gasteiger partial charge in [0, 0.05) is 12.7 Å². The summed E-state index contributed by atoms with van der Waals surface area (Å²) in [5.74, 6) is -0.202. The van der Waals surface area contributed by atoms with Gasteiger partial charge in [0.05, 0.1) is 12.2 Å². The van der Waals surface area contributed by atoms with Gasteiger partial charge in [0.15, 0.2) is 0 Å². The lowest BCUT2D eigenvalue weighted by Gasteiger charge is -2.03. The molecule has 0 radical (unpaired) electrons. The Morgan fingerprint density at radius 1 is 1.69 bits per heavy atom. The normalized spacial score (nSPS) is 9.69. The summed E-state index contributed by atoms with van der Waals surface area (Å²) in [4.78, 5) is 15.3. The zero-order valence-corrected chi connectivity index (χ0v) is 8.98. The van der Waals surface area contributed by atoms with Crippen LogP contribution in [-0.2, 0) is 0 Å². The molecule has 4 nitrogen and oxygen atoms in total. The van der Waals surface area contributed by atoms with Gasteiger partial charge in [0.1, 0.15) is 3.70 Å². The van der Waals surface area contributed by atoms with Crippen LogP contribution in [0.2, 0.25) is 0 Å². The van der Waals surface area contributed by atoms with Gasteiger partial charge in [-0.05, 0) is 34.7 Å². The van der Waals surface area contributed by atoms with E-state index in [1.165, 1.54) is 0 Å². The Hall–Kier alpha value is -0.690. The molecule has 1 rings (SSSR count). The van der Waals surface area contributed by atoms with Crippen LogP contribution in [0.25, 0.3) is 0 Å². The van der Waals surface area contributed by atoms with Crippen molar-refractivity contribution in [1.29, 1.82) is 0 Å². The maximum Gasteiger partial charge on any atom is 0.254 e. The third kappa shape index (κ3) is 2.92. The number of aliphatic hydroxyl groups is 1. The molecule has 0 saturated carbocycles. The van der Waals surface area contributed by atoms with Crippen LogP contribution in [0, 0.1) is 3.70 Å². The van der Waals surface area contributed by atoms with Crippen molar-refractivity contribution in [3.63, 3.8) is 0 Å². The Balaban J connectivity index is 2.71. The van der Waals surface area contributed by atoms with E-state index in [-0.39, 0.29) is 19.1 Å². The molecule has 0 unspecified atom stereocenters. The highest BCUT2D eigenvalue weighted by Gasteiger charge is 2.08. The molecular formula is C8H9IN2O2. The van der Waals surface area contributed by atoms with E-state index in [1.54, 1.807) is 18.3 Å². The Morgan fingerprint density at radius 3 is 3.08 bits per heavy atom. The van der Waals surface area contributed by atoms with Crippen LogP contribution in [0.5, 0.6) is 0 Å². The minimum Gasteiger partial charge on any atom is -0.395 e. The van der Waals surface area contributed by atoms with Crippen LogP contribution in [-0.4, -0.2) is 29.1 Å². The maximum absolute atomic E-state index is 11.4. The molecular weight excluding hydrogens is 283 g/mol. The van der Waals surface area contributed by atoms with E-state index in [0.717, 1.165) is 0 Å². The first-order valence-electron chi connectivity index (χ1n) is 3.75. The summed E-state index contributed by atoms with van der Waals surface area (Å²) in [6.45, 7) is 0.215. The van der Waals surface area contributed by atoms with Crippen LogP contribution in [0.3, 0.4) is 0 Å². The van der Waals surface area contributed by atoms with Crippen molar-refractivity contribution in [3.05, 3.63) is 27.6 Å². The molecule has 5 heteroatoms. The van der Waals surface area contributed by atoms with Crippen molar-refractivity contribution in [2.75, 3.05) is 13.2 Å². The lowest BCUT2D eigenvalue weighted by molar-refractivity contribution is 0.0943. The fourth-order valence-electron chi connectivity index (χ4n) is 0.820. The number of carbonyl (C=O) groups excluding carboxylic acids is 1. The van der Waals surface area contributed by atoms with Crippen molar-refractivity contribution in [2.45, 2.75) is 0 Å². The van der Waals surface area contributed by atoms with E-state index in [1.807, 2.05) is 22.6 Å². The highest BCUT2D eigenvalue weighted by molar-refractivity contribution is 14.1. The Morgan fingerprint density at radius 2 is 2.46 bits per heavy atom. The number of halogens is 1. The molecule has 13 heavy (non-hydrogen) atoms. The highest BCUT2D eigenvalue weighted by Crippen LogP contribution is 2.07. The number of carbonyl (C=O) groups is 1. The highest BCUT2D eigenvalue weighted by atomic mass is 127. The van der Waals surface area contributed by atoms with Gasteiger partial charge in [-0.3, -0.25) is 4.79 Å². The fourth-order valence-corrected chi connectivity index (χ4v) is 1.41. The van der Waals surface area contributed by atoms with Crippen LogP contribution in [0.4, 0.5) is 0 Å². The van der Waals surface area contributed by atoms with Crippen molar-refractivity contribution >= 4 is 28.5 Å². The first-order chi connectivity index (χ1) is 6.25. The largest absolute Gasteiger partial charge is 0.395 e. The third-order valence-electron chi connectivity index (χ3n) is 1.40. The lowest BCUT2D eigenvalue weighted by Crippen LogP contribution is -2.27. The quantitative estimate of drug-likeness (QED) is 0.626. The first kappa shape index (κ1) is 10.4. The number of nitrogens with zero attached hydrogens (tertiary/aromatic N) is 1. The summed E-state index contributed by atoms with van der Waals surface area (Å²) >= 11 is 1.99. The van der Waals surface area contributed by atoms with Gasteiger partial charge in [0.25, 0.3) is 5.91 Å². The average molecular weight is 292 g/mol. The number of aromatic nitrogens is 1. The summed E-state index contributed by atoms with van der Waals surface area (Å²) in [5.41, 5.74) is 0.538. The number of hydrogen-bond donors (Lipinski definition) is 2. The molecule has 1 aromatic heterocycles. The average Bonchev–Trinajstić information content (AvgIpc) is 2.15. The first-order valence-corrected chi connectivity index (χ1v) is 4.83. The molecule has 0 aliphatic heterocycles. The Labute approximate surface area is 89.5 Å². The molecule has 0 spiro atoms. The van der Waals surface area contributed by atoms with E-state index in [0.29, 0.717) is 9.26 Å². The van der Waals surface area contributed by atoms with Crippen LogP contribution in [0.15, 0.2) is 18.3 Å². The Kier molecular flexibility index (Phi) is 4.10. The molecule has 0 aromatic carbocycles. The molecule has 1 heterocycles. The van der Waals surface area contributed by atoms with Crippen molar-refractivity contribution in [2.24, 2.45) is 0 Å². The zero-order chi connectivity index (χ0) is 9.68. The number of nitrogens with one attached hydrogen (secondary N) is 1. The SMILES string of the molecule is O=C(NCCO)c1cccnc1I. The fraction of sp³-hybridized carbons (Fsp3) is 0.250. The summed E-state index contributed by atoms with van der Waals surface area (Å²) in [5, 5.41) is 11.1. The predicted molar refractivity (Wildman–Crippen MR) is 56.4 cm³/mol. The molecule has 0 atom stereocenters. The van der Waals surface area contributed by atoms with Gasteiger partial charge >= 0.3 is 0 Å². The maximum atomic E-state index is 11.4. The van der Waals surface area contributed by atoms with Gasteiger partial charge in [-0.25, -0.2) is 4.98 Å². The number of hydrogen-bond acceptors (Lipinski definition) is 3. The minimum absolute atomic E-state index is 0.0530. The molecule has 0 bridgehead atoms. The second-order valence-electron chi connectivity index (χ2n) is 2.32. The number of rotatable bonds is 3. The summed E-state index contributed by atoms with van der Waals surface area (Å²) in [6, 6.07) is 3.40. The molecule has 2 N–H and O–H groups in total. The topological polar surface area (TPSA) is 62.2 Å². The van der Waals surface area contributed by atoms with E-state index in [4.69, 9.17) is 5.11 Å². The predicted octanol–water partition coefficient (Wildman–Crippen LogP) is 0.408. The molecule has 0 aliphatic carbocycles. The standard InChI is InChI=1S/C8H9IN2O2/c9-7-6(2-1-3-10-7)8(13)11-4-5-12/h1-3,12H,4-5H2,(H,11,13). The zero-order valence-electron chi connectivity index (χ0n) is 6.83. The van der Waals surface area contributed by atoms with Crippen molar-refractivity contribution in [3.8, 4) is 0 Å². The third-order valence-corrected chi connectivity index (χ3v) is 2.26. The Bertz CT molecular complexity index is 304. The molecule has 1 amide bonds. The van der Waals surface area contributed by atoms with Crippen LogP contribution < -0.4 is 5.32 Å². The molecule has 1 aromatic rings. The smallest absolute Gasteiger partial charge is 0.254 e. The van der Waals surface area contributed by atoms with Crippen molar-refractivity contribution in [1.82, 2.24) is 10.3 Å². The molecule has 70 valence electrons. The molecule has 0 aliphatic rings. The van der Waals surface area contributed by atoms with Gasteiger partial charge in [0.2, 0.25) is 0 Å². The number of aliphatic hydroxyl groups excluding tert-OH is 1. The van der Waals surface area contributed by atoms with Gasteiger partial charge in [-0.1, -0.05) is 0 Å².